The molecule has 3 rings (SSSR count). The zero-order chi connectivity index (χ0) is 13.1. The van der Waals surface area contributed by atoms with Crippen LogP contribution in [0.3, 0.4) is 0 Å². The number of carbonyl (C=O) groups excluding carboxylic acids is 1. The number of likely N-dealkylation sites (tertiary alicyclic amines) is 1. The third-order valence-corrected chi connectivity index (χ3v) is 4.60. The average molecular weight is 268 g/mol. The molecule has 0 bridgehead atoms. The molecule has 108 valence electrons. The minimum absolute atomic E-state index is 0.153. The molecular formula is C14H24N2O3. The van der Waals surface area contributed by atoms with Crippen LogP contribution in [0.5, 0.6) is 0 Å². The van der Waals surface area contributed by atoms with Crippen LogP contribution in [-0.2, 0) is 14.3 Å². The zero-order valence-electron chi connectivity index (χ0n) is 11.5. The molecule has 3 aliphatic rings. The fraction of sp³-hybridized carbons (Fsp3) is 0.929. The van der Waals surface area contributed by atoms with Crippen LogP contribution in [0.1, 0.15) is 25.7 Å². The molecule has 3 fully saturated rings. The molecule has 0 aliphatic carbocycles. The SMILES string of the molecule is O=C([C@@H]1COCCO1)N1CCC[C@@H]1C1CCNCC1. The van der Waals surface area contributed by atoms with E-state index in [0.717, 1.165) is 32.5 Å². The van der Waals surface area contributed by atoms with Gasteiger partial charge in [-0.1, -0.05) is 0 Å². The highest BCUT2D eigenvalue weighted by Crippen LogP contribution is 2.30. The molecule has 5 heteroatoms. The maximum absolute atomic E-state index is 12.6. The van der Waals surface area contributed by atoms with Crippen LogP contribution < -0.4 is 5.32 Å². The van der Waals surface area contributed by atoms with Crippen molar-refractivity contribution >= 4 is 5.91 Å². The Hall–Kier alpha value is -0.650. The van der Waals surface area contributed by atoms with E-state index in [1.54, 1.807) is 0 Å². The summed E-state index contributed by atoms with van der Waals surface area (Å²) in [5.74, 6) is 0.818. The van der Waals surface area contributed by atoms with Crippen LogP contribution in [0, 0.1) is 5.92 Å². The van der Waals surface area contributed by atoms with Crippen LogP contribution >= 0.6 is 0 Å². The van der Waals surface area contributed by atoms with Gasteiger partial charge < -0.3 is 19.7 Å². The fourth-order valence-corrected chi connectivity index (χ4v) is 3.60. The highest BCUT2D eigenvalue weighted by molar-refractivity contribution is 5.81. The van der Waals surface area contributed by atoms with Gasteiger partial charge >= 0.3 is 0 Å². The molecule has 0 aromatic heterocycles. The average Bonchev–Trinajstić information content (AvgIpc) is 2.98. The molecule has 0 aromatic rings. The predicted molar refractivity (Wildman–Crippen MR) is 70.9 cm³/mol. The topological polar surface area (TPSA) is 50.8 Å². The number of hydrogen-bond acceptors (Lipinski definition) is 4. The van der Waals surface area contributed by atoms with Gasteiger partial charge in [0, 0.05) is 12.6 Å². The second kappa shape index (κ2) is 6.20. The molecule has 1 N–H and O–H groups in total. The summed E-state index contributed by atoms with van der Waals surface area (Å²) in [7, 11) is 0. The van der Waals surface area contributed by atoms with Crippen molar-refractivity contribution in [3.8, 4) is 0 Å². The van der Waals surface area contributed by atoms with E-state index in [4.69, 9.17) is 9.47 Å². The molecule has 3 aliphatic heterocycles. The van der Waals surface area contributed by atoms with Gasteiger partial charge in [0.25, 0.3) is 5.91 Å². The van der Waals surface area contributed by atoms with Crippen molar-refractivity contribution in [2.75, 3.05) is 39.5 Å². The van der Waals surface area contributed by atoms with E-state index in [2.05, 4.69) is 10.2 Å². The molecule has 3 saturated heterocycles. The lowest BCUT2D eigenvalue weighted by Gasteiger charge is -2.36. The lowest BCUT2D eigenvalue weighted by atomic mass is 9.88. The molecule has 0 aromatic carbocycles. The first-order chi connectivity index (χ1) is 9.36. The molecule has 0 saturated carbocycles. The fourth-order valence-electron chi connectivity index (χ4n) is 3.60. The van der Waals surface area contributed by atoms with Gasteiger partial charge in [-0.3, -0.25) is 4.79 Å². The van der Waals surface area contributed by atoms with Crippen molar-refractivity contribution in [1.29, 1.82) is 0 Å². The maximum atomic E-state index is 12.6. The predicted octanol–water partition coefficient (Wildman–Crippen LogP) is 0.392. The number of rotatable bonds is 2. The minimum Gasteiger partial charge on any atom is -0.376 e. The number of ether oxygens (including phenoxy) is 2. The normalized spacial score (nSPS) is 33.6. The number of piperidine rings is 1. The van der Waals surface area contributed by atoms with Gasteiger partial charge in [-0.2, -0.15) is 0 Å². The summed E-state index contributed by atoms with van der Waals surface area (Å²) in [6.07, 6.45) is 4.31. The third-order valence-electron chi connectivity index (χ3n) is 4.60. The van der Waals surface area contributed by atoms with Crippen LogP contribution in [0.15, 0.2) is 0 Å². The van der Waals surface area contributed by atoms with E-state index in [1.807, 2.05) is 0 Å². The highest BCUT2D eigenvalue weighted by Gasteiger charge is 2.38. The summed E-state index contributed by atoms with van der Waals surface area (Å²) in [5.41, 5.74) is 0. The van der Waals surface area contributed by atoms with Gasteiger partial charge in [-0.05, 0) is 44.7 Å². The summed E-state index contributed by atoms with van der Waals surface area (Å²) in [6.45, 7) is 4.66. The van der Waals surface area contributed by atoms with Crippen molar-refractivity contribution in [1.82, 2.24) is 10.2 Å². The van der Waals surface area contributed by atoms with Crippen LogP contribution in [0.2, 0.25) is 0 Å². The summed E-state index contributed by atoms with van der Waals surface area (Å²) < 4.78 is 10.9. The largest absolute Gasteiger partial charge is 0.376 e. The van der Waals surface area contributed by atoms with Crippen molar-refractivity contribution in [3.63, 3.8) is 0 Å². The quantitative estimate of drug-likeness (QED) is 0.787. The van der Waals surface area contributed by atoms with E-state index in [-0.39, 0.29) is 12.0 Å². The summed E-state index contributed by atoms with van der Waals surface area (Å²) >= 11 is 0. The summed E-state index contributed by atoms with van der Waals surface area (Å²) in [5, 5.41) is 3.40. The van der Waals surface area contributed by atoms with Crippen LogP contribution in [0.25, 0.3) is 0 Å². The zero-order valence-corrected chi connectivity index (χ0v) is 11.5. The van der Waals surface area contributed by atoms with E-state index in [9.17, 15) is 4.79 Å². The lowest BCUT2D eigenvalue weighted by Crippen LogP contribution is -2.50. The van der Waals surface area contributed by atoms with E-state index in [1.165, 1.54) is 12.8 Å². The van der Waals surface area contributed by atoms with Gasteiger partial charge in [0.1, 0.15) is 0 Å². The van der Waals surface area contributed by atoms with Crippen molar-refractivity contribution in [3.05, 3.63) is 0 Å². The number of amides is 1. The molecule has 1 amide bonds. The van der Waals surface area contributed by atoms with Gasteiger partial charge in [0.2, 0.25) is 0 Å². The Labute approximate surface area is 114 Å². The smallest absolute Gasteiger partial charge is 0.254 e. The van der Waals surface area contributed by atoms with Crippen molar-refractivity contribution in [2.45, 2.75) is 37.8 Å². The molecule has 19 heavy (non-hydrogen) atoms. The lowest BCUT2D eigenvalue weighted by molar-refractivity contribution is -0.159. The maximum Gasteiger partial charge on any atom is 0.254 e. The second-order valence-corrected chi connectivity index (χ2v) is 5.76. The molecule has 2 atom stereocenters. The Kier molecular flexibility index (Phi) is 4.35. The molecular weight excluding hydrogens is 244 g/mol. The molecule has 0 unspecified atom stereocenters. The molecule has 0 radical (unpaired) electrons. The number of nitrogens with zero attached hydrogens (tertiary/aromatic N) is 1. The molecule has 0 spiro atoms. The van der Waals surface area contributed by atoms with Gasteiger partial charge in [0.15, 0.2) is 6.10 Å². The number of carbonyl (C=O) groups is 1. The van der Waals surface area contributed by atoms with Crippen LogP contribution in [-0.4, -0.2) is 62.4 Å². The number of hydrogen-bond donors (Lipinski definition) is 1. The monoisotopic (exact) mass is 268 g/mol. The summed E-state index contributed by atoms with van der Waals surface area (Å²) in [6, 6.07) is 0.431. The highest BCUT2D eigenvalue weighted by atomic mass is 16.6. The third kappa shape index (κ3) is 2.93. The Morgan fingerprint density at radius 2 is 2.00 bits per heavy atom. The summed E-state index contributed by atoms with van der Waals surface area (Å²) in [4.78, 5) is 14.6. The first-order valence-corrected chi connectivity index (χ1v) is 7.57. The van der Waals surface area contributed by atoms with Crippen molar-refractivity contribution < 1.29 is 14.3 Å². The first-order valence-electron chi connectivity index (χ1n) is 7.57. The van der Waals surface area contributed by atoms with E-state index < -0.39 is 0 Å². The van der Waals surface area contributed by atoms with E-state index in [0.29, 0.717) is 31.8 Å². The Morgan fingerprint density at radius 3 is 2.74 bits per heavy atom. The van der Waals surface area contributed by atoms with Gasteiger partial charge in [-0.15, -0.1) is 0 Å². The van der Waals surface area contributed by atoms with Crippen molar-refractivity contribution in [2.24, 2.45) is 5.92 Å². The van der Waals surface area contributed by atoms with Gasteiger partial charge in [0.05, 0.1) is 19.8 Å². The van der Waals surface area contributed by atoms with E-state index >= 15 is 0 Å². The van der Waals surface area contributed by atoms with Gasteiger partial charge in [-0.25, -0.2) is 0 Å². The molecule has 3 heterocycles. The Balaban J connectivity index is 1.62. The first kappa shape index (κ1) is 13.3. The van der Waals surface area contributed by atoms with Crippen LogP contribution in [0.4, 0.5) is 0 Å². The second-order valence-electron chi connectivity index (χ2n) is 5.76. The number of nitrogens with one attached hydrogen (secondary N) is 1. The standard InChI is InChI=1S/C14H24N2O3/c17-14(13-10-18-8-9-19-13)16-7-1-2-12(16)11-3-5-15-6-4-11/h11-13,15H,1-10H2/t12-,13+/m1/s1. The molecule has 5 nitrogen and oxygen atoms in total. The minimum atomic E-state index is -0.365. The Bertz CT molecular complexity index is 312. The Morgan fingerprint density at radius 1 is 1.16 bits per heavy atom.